The van der Waals surface area contributed by atoms with Crippen molar-refractivity contribution in [1.82, 2.24) is 9.88 Å². The Balaban J connectivity index is 0.000000166. The summed E-state index contributed by atoms with van der Waals surface area (Å²) in [6.45, 7) is 3.58. The Morgan fingerprint density at radius 2 is 2.11 bits per heavy atom. The minimum atomic E-state index is -0.647. The van der Waals surface area contributed by atoms with Crippen LogP contribution >= 0.6 is 22.9 Å². The third kappa shape index (κ3) is 5.78. The van der Waals surface area contributed by atoms with Crippen LogP contribution in [0.25, 0.3) is 10.2 Å². The molecule has 6 nitrogen and oxygen atoms in total. The fourth-order valence-corrected chi connectivity index (χ4v) is 4.68. The Morgan fingerprint density at radius 3 is 2.85 bits per heavy atom. The van der Waals surface area contributed by atoms with Gasteiger partial charge < -0.3 is 15.6 Å². The summed E-state index contributed by atoms with van der Waals surface area (Å²) in [5, 5.41) is 10.5. The molecule has 0 bridgehead atoms. The molecule has 3 N–H and O–H groups in total. The number of piperidine rings is 1. The number of rotatable bonds is 3. The normalized spacial score (nSPS) is 21.6. The van der Waals surface area contributed by atoms with Crippen LogP contribution in [0.2, 0.25) is 5.02 Å². The zero-order valence-electron chi connectivity index (χ0n) is 15.3. The molecule has 2 aliphatic heterocycles. The second-order valence-electron chi connectivity index (χ2n) is 7.06. The lowest BCUT2D eigenvalue weighted by Gasteiger charge is -2.36. The van der Waals surface area contributed by atoms with Crippen molar-refractivity contribution >= 4 is 44.3 Å². The van der Waals surface area contributed by atoms with Crippen LogP contribution in [0, 0.1) is 5.92 Å². The first-order chi connectivity index (χ1) is 13.0. The molecule has 0 saturated carbocycles. The minimum absolute atomic E-state index is 0.239. The van der Waals surface area contributed by atoms with E-state index in [1.165, 1.54) is 11.3 Å². The Hall–Kier alpha value is -1.41. The molecule has 1 aromatic heterocycles. The molecule has 2 saturated heterocycles. The van der Waals surface area contributed by atoms with Gasteiger partial charge in [0.1, 0.15) is 6.04 Å². The number of carboxylic acid groups (broad SMARTS) is 1. The first-order valence-electron chi connectivity index (χ1n) is 9.39. The van der Waals surface area contributed by atoms with Crippen LogP contribution < -0.4 is 5.73 Å². The van der Waals surface area contributed by atoms with E-state index in [0.29, 0.717) is 11.0 Å². The summed E-state index contributed by atoms with van der Waals surface area (Å²) < 4.78 is 6.37. The second-order valence-corrected chi connectivity index (χ2v) is 8.56. The molecule has 2 aromatic rings. The summed E-state index contributed by atoms with van der Waals surface area (Å²) in [6, 6.07) is 5.30. The van der Waals surface area contributed by atoms with Gasteiger partial charge in [-0.2, -0.15) is 0 Å². The number of aliphatic carboxylic acids is 1. The predicted octanol–water partition coefficient (Wildman–Crippen LogP) is 3.88. The number of benzene rings is 1. The number of hydrogen-bond acceptors (Lipinski definition) is 6. The van der Waals surface area contributed by atoms with E-state index < -0.39 is 5.97 Å². The van der Waals surface area contributed by atoms with Gasteiger partial charge in [0.05, 0.1) is 10.2 Å². The minimum Gasteiger partial charge on any atom is -0.480 e. The maximum Gasteiger partial charge on any atom is 0.320 e. The molecule has 0 spiro atoms. The second kappa shape index (κ2) is 9.68. The van der Waals surface area contributed by atoms with Crippen LogP contribution in [0.1, 0.15) is 32.1 Å². The third-order valence-corrected chi connectivity index (χ3v) is 6.18. The van der Waals surface area contributed by atoms with Crippen molar-refractivity contribution in [2.24, 2.45) is 5.92 Å². The van der Waals surface area contributed by atoms with E-state index >= 15 is 0 Å². The summed E-state index contributed by atoms with van der Waals surface area (Å²) in [5.74, 6) is -0.0135. The number of nitrogens with two attached hydrogens (primary N) is 1. The molecular weight excluding hydrogens is 386 g/mol. The highest BCUT2D eigenvalue weighted by atomic mass is 35.5. The highest BCUT2D eigenvalue weighted by Gasteiger charge is 2.30. The Morgan fingerprint density at radius 1 is 1.33 bits per heavy atom. The molecule has 1 atom stereocenters. The summed E-state index contributed by atoms with van der Waals surface area (Å²) >= 11 is 7.21. The average Bonchev–Trinajstić information content (AvgIpc) is 3.02. The lowest BCUT2D eigenvalue weighted by atomic mass is 9.95. The summed E-state index contributed by atoms with van der Waals surface area (Å²) in [5.41, 5.74) is 6.42. The van der Waals surface area contributed by atoms with Crippen molar-refractivity contribution in [3.8, 4) is 0 Å². The molecule has 27 heavy (non-hydrogen) atoms. The van der Waals surface area contributed by atoms with Crippen LogP contribution in [-0.2, 0) is 9.53 Å². The van der Waals surface area contributed by atoms with Gasteiger partial charge in [0.25, 0.3) is 0 Å². The van der Waals surface area contributed by atoms with Crippen molar-refractivity contribution in [1.29, 1.82) is 0 Å². The van der Waals surface area contributed by atoms with Crippen LogP contribution in [0.15, 0.2) is 18.2 Å². The van der Waals surface area contributed by atoms with E-state index in [1.807, 2.05) is 18.2 Å². The van der Waals surface area contributed by atoms with Gasteiger partial charge in [-0.1, -0.05) is 29.4 Å². The van der Waals surface area contributed by atoms with Gasteiger partial charge in [0.15, 0.2) is 5.13 Å². The largest absolute Gasteiger partial charge is 0.480 e. The van der Waals surface area contributed by atoms with E-state index in [9.17, 15) is 9.90 Å². The number of nitrogen functional groups attached to an aromatic ring is 1. The first-order valence-corrected chi connectivity index (χ1v) is 10.6. The number of carboxylic acids is 1. The Bertz CT molecular complexity index is 764. The first kappa shape index (κ1) is 20.3. The summed E-state index contributed by atoms with van der Waals surface area (Å²) in [6.07, 6.45) is 5.19. The van der Waals surface area contributed by atoms with E-state index in [1.54, 1.807) is 0 Å². The van der Waals surface area contributed by atoms with Crippen molar-refractivity contribution in [3.63, 3.8) is 0 Å². The Kier molecular flexibility index (Phi) is 7.29. The number of anilines is 1. The number of carbonyl (C=O) groups is 1. The molecule has 0 unspecified atom stereocenters. The van der Waals surface area contributed by atoms with Gasteiger partial charge in [0, 0.05) is 24.8 Å². The molecule has 1 aromatic carbocycles. The lowest BCUT2D eigenvalue weighted by Crippen LogP contribution is -2.47. The van der Waals surface area contributed by atoms with E-state index in [4.69, 9.17) is 22.1 Å². The molecule has 8 heteroatoms. The zero-order valence-corrected chi connectivity index (χ0v) is 16.8. The quantitative estimate of drug-likeness (QED) is 0.796. The molecule has 148 valence electrons. The predicted molar refractivity (Wildman–Crippen MR) is 109 cm³/mol. The fourth-order valence-electron chi connectivity index (χ4n) is 3.67. The summed E-state index contributed by atoms with van der Waals surface area (Å²) in [7, 11) is 0. The van der Waals surface area contributed by atoms with E-state index in [0.717, 1.165) is 73.6 Å². The number of ether oxygens (including phenoxy) is 1. The fraction of sp³-hybridized carbons (Fsp3) is 0.579. The molecule has 0 radical (unpaired) electrons. The number of hydrogen-bond donors (Lipinski definition) is 2. The maximum atomic E-state index is 11.1. The average molecular weight is 412 g/mol. The van der Waals surface area contributed by atoms with Crippen molar-refractivity contribution in [3.05, 3.63) is 23.2 Å². The van der Waals surface area contributed by atoms with Crippen LogP contribution in [-0.4, -0.2) is 53.3 Å². The highest BCUT2D eigenvalue weighted by molar-refractivity contribution is 7.22. The zero-order chi connectivity index (χ0) is 19.2. The molecule has 3 heterocycles. The van der Waals surface area contributed by atoms with Crippen LogP contribution in [0.4, 0.5) is 5.13 Å². The summed E-state index contributed by atoms with van der Waals surface area (Å²) in [4.78, 5) is 17.4. The standard InChI is InChI=1S/C12H21NO3.C7H5ClN2S/c14-12(15)11-3-1-2-6-13(11)9-10-4-7-16-8-5-10;8-4-1-2-5-6(3-4)11-7(9)10-5/h10-11H,1-9H2,(H,14,15);1-3H,(H2,9,10)/t11-;/m0./s1. The van der Waals surface area contributed by atoms with Crippen LogP contribution in [0.3, 0.4) is 0 Å². The van der Waals surface area contributed by atoms with Crippen LogP contribution in [0.5, 0.6) is 0 Å². The van der Waals surface area contributed by atoms with Crippen molar-refractivity contribution < 1.29 is 14.6 Å². The number of halogens is 1. The van der Waals surface area contributed by atoms with Crippen molar-refractivity contribution in [2.45, 2.75) is 38.1 Å². The third-order valence-electron chi connectivity index (χ3n) is 5.10. The molecule has 0 aliphatic carbocycles. The van der Waals surface area contributed by atoms with E-state index in [2.05, 4.69) is 9.88 Å². The topological polar surface area (TPSA) is 88.7 Å². The van der Waals surface area contributed by atoms with E-state index in [-0.39, 0.29) is 6.04 Å². The molecule has 0 amide bonds. The van der Waals surface area contributed by atoms with Gasteiger partial charge in [-0.25, -0.2) is 4.98 Å². The molecule has 2 aliphatic rings. The maximum absolute atomic E-state index is 11.1. The van der Waals surface area contributed by atoms with Gasteiger partial charge in [-0.15, -0.1) is 0 Å². The van der Waals surface area contributed by atoms with Gasteiger partial charge in [-0.3, -0.25) is 9.69 Å². The smallest absolute Gasteiger partial charge is 0.320 e. The van der Waals surface area contributed by atoms with Gasteiger partial charge in [-0.05, 0) is 56.3 Å². The number of fused-ring (bicyclic) bond motifs is 1. The highest BCUT2D eigenvalue weighted by Crippen LogP contribution is 2.26. The number of nitrogens with zero attached hydrogens (tertiary/aromatic N) is 2. The van der Waals surface area contributed by atoms with Gasteiger partial charge in [0.2, 0.25) is 0 Å². The monoisotopic (exact) mass is 411 g/mol. The molecule has 4 rings (SSSR count). The molecule has 2 fully saturated rings. The number of aromatic nitrogens is 1. The number of thiazole rings is 1. The molecular formula is C19H26ClN3O3S. The SMILES string of the molecule is Nc1nc2ccc(Cl)cc2s1.O=C(O)[C@@H]1CCCCN1CC1CCOCC1. The Labute approximate surface area is 168 Å². The lowest BCUT2D eigenvalue weighted by molar-refractivity contribution is -0.145. The van der Waals surface area contributed by atoms with Gasteiger partial charge >= 0.3 is 5.97 Å². The number of likely N-dealkylation sites (tertiary alicyclic amines) is 1. The van der Waals surface area contributed by atoms with Crippen molar-refractivity contribution in [2.75, 3.05) is 32.0 Å².